The van der Waals surface area contributed by atoms with Crippen molar-refractivity contribution >= 4 is 27.7 Å². The summed E-state index contributed by atoms with van der Waals surface area (Å²) in [6.45, 7) is 0. The maximum atomic E-state index is 13.0. The van der Waals surface area contributed by atoms with Crippen LogP contribution < -0.4 is 0 Å². The Morgan fingerprint density at radius 2 is 2.10 bits per heavy atom. The Hall–Kier alpha value is 0.760. The molecule has 1 unspecified atom stereocenters. The van der Waals surface area contributed by atoms with Gasteiger partial charge in [-0.05, 0) is 30.3 Å². The second-order valence-corrected chi connectivity index (χ2v) is 4.49. The fourth-order valence-corrected chi connectivity index (χ4v) is 2.88. The van der Waals surface area contributed by atoms with E-state index in [1.54, 1.807) is 0 Å². The third-order valence-corrected chi connectivity index (χ3v) is 3.59. The average Bonchev–Trinajstić information content (AvgIpc) is 2.05. The quantitative estimate of drug-likeness (QED) is 0.653. The molecule has 0 aromatic carbocycles. The summed E-state index contributed by atoms with van der Waals surface area (Å²) in [6, 6.07) is 0. The molecule has 1 aliphatic rings. The lowest BCUT2D eigenvalue weighted by molar-refractivity contribution is 0.243. The maximum absolute atomic E-state index is 13.0. The third-order valence-electron chi connectivity index (χ3n) is 1.92. The third kappa shape index (κ3) is 2.42. The molecular formula is C7H12BrFS. The van der Waals surface area contributed by atoms with Crippen molar-refractivity contribution in [1.29, 1.82) is 0 Å². The first kappa shape index (κ1) is 8.85. The van der Waals surface area contributed by atoms with Gasteiger partial charge in [0.05, 0.1) is 0 Å². The van der Waals surface area contributed by atoms with Crippen LogP contribution in [0.2, 0.25) is 0 Å². The summed E-state index contributed by atoms with van der Waals surface area (Å²) < 4.78 is 13.0. The van der Waals surface area contributed by atoms with Gasteiger partial charge in [-0.3, -0.25) is 0 Å². The van der Waals surface area contributed by atoms with Crippen LogP contribution >= 0.6 is 27.7 Å². The first-order chi connectivity index (χ1) is 4.84. The summed E-state index contributed by atoms with van der Waals surface area (Å²) in [4.78, 5) is 0. The van der Waals surface area contributed by atoms with E-state index >= 15 is 0 Å². The average molecular weight is 227 g/mol. The van der Waals surface area contributed by atoms with E-state index in [-0.39, 0.29) is 0 Å². The molecule has 1 aliphatic heterocycles. The first-order valence-electron chi connectivity index (χ1n) is 3.62. The van der Waals surface area contributed by atoms with Gasteiger partial charge in [0.1, 0.15) is 6.17 Å². The summed E-state index contributed by atoms with van der Waals surface area (Å²) in [5.74, 6) is 2.64. The van der Waals surface area contributed by atoms with E-state index in [0.29, 0.717) is 11.2 Å². The van der Waals surface area contributed by atoms with Gasteiger partial charge in [-0.2, -0.15) is 11.8 Å². The predicted octanol–water partition coefficient (Wildman–Crippen LogP) is 2.86. The van der Waals surface area contributed by atoms with Crippen LogP contribution in [0, 0.1) is 5.92 Å². The van der Waals surface area contributed by atoms with Crippen molar-refractivity contribution in [2.75, 3.05) is 16.8 Å². The van der Waals surface area contributed by atoms with Gasteiger partial charge in [-0.1, -0.05) is 15.9 Å². The molecule has 1 heterocycles. The lowest BCUT2D eigenvalue weighted by Crippen LogP contribution is -2.21. The van der Waals surface area contributed by atoms with Gasteiger partial charge in [0.25, 0.3) is 0 Å². The van der Waals surface area contributed by atoms with Crippen molar-refractivity contribution in [2.45, 2.75) is 19.0 Å². The normalized spacial score (nSPS) is 24.6. The predicted molar refractivity (Wildman–Crippen MR) is 48.7 cm³/mol. The monoisotopic (exact) mass is 226 g/mol. The van der Waals surface area contributed by atoms with Crippen molar-refractivity contribution < 1.29 is 4.39 Å². The Kier molecular flexibility index (Phi) is 4.07. The highest BCUT2D eigenvalue weighted by atomic mass is 79.9. The maximum Gasteiger partial charge on any atom is 0.113 e. The van der Waals surface area contributed by atoms with Crippen LogP contribution in [-0.4, -0.2) is 23.0 Å². The molecule has 0 aromatic rings. The van der Waals surface area contributed by atoms with E-state index in [9.17, 15) is 4.39 Å². The number of hydrogen-bond acceptors (Lipinski definition) is 1. The Balaban J connectivity index is 2.24. The Morgan fingerprint density at radius 3 is 2.60 bits per heavy atom. The van der Waals surface area contributed by atoms with Gasteiger partial charge in [-0.25, -0.2) is 4.39 Å². The van der Waals surface area contributed by atoms with E-state index < -0.39 is 6.17 Å². The highest BCUT2D eigenvalue weighted by Crippen LogP contribution is 2.27. The number of halogens is 2. The van der Waals surface area contributed by atoms with Crippen LogP contribution in [-0.2, 0) is 0 Å². The zero-order valence-electron chi connectivity index (χ0n) is 5.85. The zero-order valence-corrected chi connectivity index (χ0v) is 8.26. The van der Waals surface area contributed by atoms with Crippen molar-refractivity contribution in [3.05, 3.63) is 0 Å². The van der Waals surface area contributed by atoms with Crippen molar-refractivity contribution in [2.24, 2.45) is 5.92 Å². The second-order valence-electron chi connectivity index (χ2n) is 2.62. The molecule has 0 N–H and O–H groups in total. The fraction of sp³-hybridized carbons (Fsp3) is 1.00. The molecule has 0 bridgehead atoms. The van der Waals surface area contributed by atoms with Gasteiger partial charge in [-0.15, -0.1) is 0 Å². The number of alkyl halides is 2. The second kappa shape index (κ2) is 4.60. The van der Waals surface area contributed by atoms with E-state index in [4.69, 9.17) is 0 Å². The molecule has 0 radical (unpaired) electrons. The molecule has 1 rings (SSSR count). The van der Waals surface area contributed by atoms with E-state index in [1.807, 2.05) is 11.8 Å². The molecule has 1 saturated heterocycles. The zero-order chi connectivity index (χ0) is 7.40. The summed E-state index contributed by atoms with van der Waals surface area (Å²) in [5, 5.41) is 0.516. The van der Waals surface area contributed by atoms with Crippen molar-refractivity contribution in [3.63, 3.8) is 0 Å². The summed E-state index contributed by atoms with van der Waals surface area (Å²) in [6.07, 6.45) is 1.52. The molecule has 0 aromatic heterocycles. The lowest BCUT2D eigenvalue weighted by atomic mass is 9.98. The molecule has 1 atom stereocenters. The highest BCUT2D eigenvalue weighted by molar-refractivity contribution is 9.09. The number of rotatable bonds is 2. The van der Waals surface area contributed by atoms with Crippen LogP contribution in [0.15, 0.2) is 0 Å². The van der Waals surface area contributed by atoms with E-state index in [2.05, 4.69) is 15.9 Å². The molecule has 0 amide bonds. The lowest BCUT2D eigenvalue weighted by Gasteiger charge is -2.23. The molecule has 0 saturated carbocycles. The van der Waals surface area contributed by atoms with E-state index in [0.717, 1.165) is 24.3 Å². The first-order valence-corrected chi connectivity index (χ1v) is 5.90. The molecule has 1 fully saturated rings. The van der Waals surface area contributed by atoms with Crippen LogP contribution in [0.1, 0.15) is 12.8 Å². The van der Waals surface area contributed by atoms with E-state index in [1.165, 1.54) is 0 Å². The summed E-state index contributed by atoms with van der Waals surface area (Å²) in [7, 11) is 0. The molecule has 0 aliphatic carbocycles. The van der Waals surface area contributed by atoms with Gasteiger partial charge in [0.2, 0.25) is 0 Å². The standard InChI is InChI=1S/C7H12BrFS/c8-5-7(9)6-1-3-10-4-2-6/h6-7H,1-5H2. The van der Waals surface area contributed by atoms with Crippen LogP contribution in [0.5, 0.6) is 0 Å². The van der Waals surface area contributed by atoms with Gasteiger partial charge in [0, 0.05) is 5.33 Å². The Morgan fingerprint density at radius 1 is 1.50 bits per heavy atom. The van der Waals surface area contributed by atoms with Crippen molar-refractivity contribution in [3.8, 4) is 0 Å². The minimum Gasteiger partial charge on any atom is -0.246 e. The number of hydrogen-bond donors (Lipinski definition) is 0. The van der Waals surface area contributed by atoms with Crippen LogP contribution in [0.25, 0.3) is 0 Å². The highest BCUT2D eigenvalue weighted by Gasteiger charge is 2.21. The SMILES string of the molecule is FC(CBr)C1CCSCC1. The smallest absolute Gasteiger partial charge is 0.113 e. The van der Waals surface area contributed by atoms with Gasteiger partial charge < -0.3 is 0 Å². The van der Waals surface area contributed by atoms with Gasteiger partial charge >= 0.3 is 0 Å². The Labute approximate surface area is 74.1 Å². The molecule has 0 spiro atoms. The minimum atomic E-state index is -0.610. The van der Waals surface area contributed by atoms with Crippen molar-refractivity contribution in [1.82, 2.24) is 0 Å². The summed E-state index contributed by atoms with van der Waals surface area (Å²) in [5.41, 5.74) is 0. The van der Waals surface area contributed by atoms with Crippen LogP contribution in [0.4, 0.5) is 4.39 Å². The number of thioether (sulfide) groups is 1. The molecular weight excluding hydrogens is 215 g/mol. The summed E-state index contributed by atoms with van der Waals surface area (Å²) >= 11 is 5.11. The molecule has 0 nitrogen and oxygen atoms in total. The van der Waals surface area contributed by atoms with Crippen LogP contribution in [0.3, 0.4) is 0 Å². The molecule has 3 heteroatoms. The Bertz CT molecular complexity index is 93.6. The fourth-order valence-electron chi connectivity index (χ4n) is 1.20. The van der Waals surface area contributed by atoms with Gasteiger partial charge in [0.15, 0.2) is 0 Å². The minimum absolute atomic E-state index is 0.334. The molecule has 60 valence electrons. The topological polar surface area (TPSA) is 0 Å². The molecule has 10 heavy (non-hydrogen) atoms. The largest absolute Gasteiger partial charge is 0.246 e.